The summed E-state index contributed by atoms with van der Waals surface area (Å²) in [5, 5.41) is 13.8. The molecule has 2 aliphatic carbocycles. The molecule has 3 heteroatoms. The zero-order chi connectivity index (χ0) is 14.1. The molecule has 2 N–H and O–H groups in total. The minimum Gasteiger partial charge on any atom is -0.394 e. The number of ether oxygens (including phenoxy) is 1. The first-order chi connectivity index (χ1) is 9.65. The average molecular weight is 281 g/mol. The van der Waals surface area contributed by atoms with Crippen molar-refractivity contribution in [3.63, 3.8) is 0 Å². The molecule has 0 amide bonds. The predicted octanol–water partition coefficient (Wildman–Crippen LogP) is 3.01. The molecule has 1 saturated heterocycles. The van der Waals surface area contributed by atoms with Gasteiger partial charge in [-0.05, 0) is 44.4 Å². The highest BCUT2D eigenvalue weighted by Crippen LogP contribution is 2.41. The number of hydrogen-bond donors (Lipinski definition) is 2. The Morgan fingerprint density at radius 2 is 1.90 bits per heavy atom. The van der Waals surface area contributed by atoms with Crippen LogP contribution in [0.1, 0.15) is 71.1 Å². The Hall–Kier alpha value is -0.120. The van der Waals surface area contributed by atoms with Crippen molar-refractivity contribution in [2.24, 2.45) is 5.92 Å². The van der Waals surface area contributed by atoms with Gasteiger partial charge in [-0.2, -0.15) is 0 Å². The summed E-state index contributed by atoms with van der Waals surface area (Å²) in [5.74, 6) is 0.740. The Labute approximate surface area is 123 Å². The van der Waals surface area contributed by atoms with Gasteiger partial charge in [0, 0.05) is 18.2 Å². The van der Waals surface area contributed by atoms with E-state index in [1.807, 2.05) is 0 Å². The first kappa shape index (κ1) is 14.8. The van der Waals surface area contributed by atoms with E-state index >= 15 is 0 Å². The number of rotatable bonds is 3. The highest BCUT2D eigenvalue weighted by Gasteiger charge is 2.43. The van der Waals surface area contributed by atoms with Crippen LogP contribution in [0.4, 0.5) is 0 Å². The van der Waals surface area contributed by atoms with E-state index in [2.05, 4.69) is 12.2 Å². The summed E-state index contributed by atoms with van der Waals surface area (Å²) in [4.78, 5) is 0. The monoisotopic (exact) mass is 281 g/mol. The van der Waals surface area contributed by atoms with E-state index < -0.39 is 0 Å². The largest absolute Gasteiger partial charge is 0.394 e. The quantitative estimate of drug-likeness (QED) is 0.835. The Bertz CT molecular complexity index is 327. The van der Waals surface area contributed by atoms with Crippen molar-refractivity contribution in [2.75, 3.05) is 13.2 Å². The predicted molar refractivity (Wildman–Crippen MR) is 80.8 cm³/mol. The highest BCUT2D eigenvalue weighted by atomic mass is 16.5. The molecule has 20 heavy (non-hydrogen) atoms. The smallest absolute Gasteiger partial charge is 0.0697 e. The number of hydrogen-bond acceptors (Lipinski definition) is 3. The molecular formula is C17H31NO2. The molecule has 3 aliphatic rings. The number of nitrogens with one attached hydrogen (secondary N) is 1. The van der Waals surface area contributed by atoms with Crippen molar-refractivity contribution in [2.45, 2.75) is 88.3 Å². The third-order valence-electron chi connectivity index (χ3n) is 5.91. The maximum absolute atomic E-state index is 9.95. The van der Waals surface area contributed by atoms with Crippen LogP contribution in [0.2, 0.25) is 0 Å². The lowest BCUT2D eigenvalue weighted by molar-refractivity contribution is -0.0898. The third-order valence-corrected chi connectivity index (χ3v) is 5.91. The van der Waals surface area contributed by atoms with Gasteiger partial charge in [0.2, 0.25) is 0 Å². The molecule has 0 aromatic heterocycles. The Morgan fingerprint density at radius 1 is 1.10 bits per heavy atom. The van der Waals surface area contributed by atoms with Gasteiger partial charge in [-0.15, -0.1) is 0 Å². The lowest BCUT2D eigenvalue weighted by Crippen LogP contribution is -2.58. The van der Waals surface area contributed by atoms with Crippen LogP contribution in [0, 0.1) is 5.92 Å². The maximum atomic E-state index is 9.95. The SMILES string of the molecule is CC1CCCC(CO)(NC2CCOC3(CCCC3)C2)C1. The van der Waals surface area contributed by atoms with Crippen LogP contribution in [0.25, 0.3) is 0 Å². The van der Waals surface area contributed by atoms with Gasteiger partial charge in [0.15, 0.2) is 0 Å². The van der Waals surface area contributed by atoms with Crippen LogP contribution >= 0.6 is 0 Å². The summed E-state index contributed by atoms with van der Waals surface area (Å²) >= 11 is 0. The molecular weight excluding hydrogens is 250 g/mol. The molecule has 1 heterocycles. The zero-order valence-electron chi connectivity index (χ0n) is 13.0. The zero-order valence-corrected chi connectivity index (χ0v) is 13.0. The van der Waals surface area contributed by atoms with Crippen molar-refractivity contribution in [3.05, 3.63) is 0 Å². The fourth-order valence-corrected chi connectivity index (χ4v) is 4.93. The van der Waals surface area contributed by atoms with Crippen LogP contribution in [0.5, 0.6) is 0 Å². The van der Waals surface area contributed by atoms with Crippen molar-refractivity contribution < 1.29 is 9.84 Å². The Balaban J connectivity index is 1.63. The lowest BCUT2D eigenvalue weighted by Gasteiger charge is -2.46. The molecule has 0 bridgehead atoms. The standard InChI is InChI=1S/C17H31NO2/c1-14-5-4-7-16(11-14,13-19)18-15-6-10-20-17(12-15)8-2-3-9-17/h14-15,18-19H,2-13H2,1H3. The first-order valence-corrected chi connectivity index (χ1v) is 8.68. The molecule has 1 spiro atoms. The van der Waals surface area contributed by atoms with E-state index in [1.165, 1.54) is 38.5 Å². The van der Waals surface area contributed by atoms with Crippen molar-refractivity contribution in [3.8, 4) is 0 Å². The Kier molecular flexibility index (Phi) is 4.40. The van der Waals surface area contributed by atoms with Gasteiger partial charge in [0.1, 0.15) is 0 Å². The fourth-order valence-electron chi connectivity index (χ4n) is 4.93. The van der Waals surface area contributed by atoms with Crippen LogP contribution in [-0.4, -0.2) is 35.5 Å². The summed E-state index contributed by atoms with van der Waals surface area (Å²) in [6.07, 6.45) is 12.3. The molecule has 3 fully saturated rings. The van der Waals surface area contributed by atoms with Gasteiger partial charge >= 0.3 is 0 Å². The van der Waals surface area contributed by atoms with E-state index in [4.69, 9.17) is 4.74 Å². The molecule has 2 saturated carbocycles. The summed E-state index contributed by atoms with van der Waals surface area (Å²) in [6.45, 7) is 3.52. The third kappa shape index (κ3) is 3.05. The molecule has 1 aliphatic heterocycles. The van der Waals surface area contributed by atoms with Gasteiger partial charge in [-0.1, -0.05) is 32.6 Å². The molecule has 0 radical (unpaired) electrons. The van der Waals surface area contributed by atoms with Crippen molar-refractivity contribution in [1.29, 1.82) is 0 Å². The topological polar surface area (TPSA) is 41.5 Å². The number of aliphatic hydroxyl groups excluding tert-OH is 1. The molecule has 0 aromatic rings. The van der Waals surface area contributed by atoms with Crippen LogP contribution in [-0.2, 0) is 4.74 Å². The number of aliphatic hydroxyl groups is 1. The summed E-state index contributed by atoms with van der Waals surface area (Å²) in [6, 6.07) is 0.541. The van der Waals surface area contributed by atoms with E-state index in [9.17, 15) is 5.11 Å². The van der Waals surface area contributed by atoms with E-state index in [-0.39, 0.29) is 11.1 Å². The van der Waals surface area contributed by atoms with Crippen LogP contribution in [0.15, 0.2) is 0 Å². The molecule has 3 atom stereocenters. The van der Waals surface area contributed by atoms with Crippen molar-refractivity contribution in [1.82, 2.24) is 5.32 Å². The van der Waals surface area contributed by atoms with Crippen LogP contribution < -0.4 is 5.32 Å². The molecule has 3 unspecified atom stereocenters. The normalized spacial score (nSPS) is 41.1. The van der Waals surface area contributed by atoms with E-state index in [1.54, 1.807) is 0 Å². The van der Waals surface area contributed by atoms with Crippen LogP contribution in [0.3, 0.4) is 0 Å². The summed E-state index contributed by atoms with van der Waals surface area (Å²) < 4.78 is 6.13. The second kappa shape index (κ2) is 5.94. The summed E-state index contributed by atoms with van der Waals surface area (Å²) in [5.41, 5.74) is 0.159. The van der Waals surface area contributed by atoms with Gasteiger partial charge in [-0.25, -0.2) is 0 Å². The Morgan fingerprint density at radius 3 is 2.60 bits per heavy atom. The van der Waals surface area contributed by atoms with E-state index in [0.29, 0.717) is 12.6 Å². The molecule has 116 valence electrons. The van der Waals surface area contributed by atoms with Crippen molar-refractivity contribution >= 4 is 0 Å². The molecule has 3 nitrogen and oxygen atoms in total. The molecule has 3 rings (SSSR count). The van der Waals surface area contributed by atoms with Gasteiger partial charge in [-0.3, -0.25) is 0 Å². The second-order valence-electron chi connectivity index (χ2n) is 7.71. The van der Waals surface area contributed by atoms with Gasteiger partial charge in [0.25, 0.3) is 0 Å². The minimum absolute atomic E-state index is 0.0144. The first-order valence-electron chi connectivity index (χ1n) is 8.68. The minimum atomic E-state index is -0.0144. The second-order valence-corrected chi connectivity index (χ2v) is 7.71. The van der Waals surface area contributed by atoms with Gasteiger partial charge in [0.05, 0.1) is 12.2 Å². The van der Waals surface area contributed by atoms with Gasteiger partial charge < -0.3 is 15.2 Å². The van der Waals surface area contributed by atoms with E-state index in [0.717, 1.165) is 38.2 Å². The highest BCUT2D eigenvalue weighted by molar-refractivity contribution is 4.99. The average Bonchev–Trinajstić information content (AvgIpc) is 2.87. The fraction of sp³-hybridized carbons (Fsp3) is 1.00. The maximum Gasteiger partial charge on any atom is 0.0697 e. The lowest BCUT2D eigenvalue weighted by atomic mass is 9.75. The summed E-state index contributed by atoms with van der Waals surface area (Å²) in [7, 11) is 0. The molecule has 0 aromatic carbocycles.